The van der Waals surface area contributed by atoms with Crippen LogP contribution in [-0.4, -0.2) is 261 Å². The van der Waals surface area contributed by atoms with E-state index in [1.165, 1.54) is 18.2 Å². The number of amides is 6. The molecule has 0 bridgehead atoms. The molecule has 35 nitrogen and oxygen atoms in total. The summed E-state index contributed by atoms with van der Waals surface area (Å²) in [7, 11) is 0. The number of benzene rings is 1. The van der Waals surface area contributed by atoms with E-state index in [9.17, 15) is 62.3 Å². The Balaban J connectivity index is 1.09. The molecular weight excluding hydrogens is 1300 g/mol. The number of ether oxygens (including phenoxy) is 16. The van der Waals surface area contributed by atoms with Gasteiger partial charge >= 0.3 is 53.8 Å². The van der Waals surface area contributed by atoms with Gasteiger partial charge in [0.1, 0.15) is 25.4 Å². The van der Waals surface area contributed by atoms with Gasteiger partial charge in [-0.1, -0.05) is 6.42 Å². The molecule has 4 aliphatic heterocycles. The van der Waals surface area contributed by atoms with E-state index in [4.69, 9.17) is 75.8 Å². The molecule has 0 unspecified atom stereocenters. The number of fused-ring (bicyclic) bond motifs is 1. The van der Waals surface area contributed by atoms with Gasteiger partial charge in [0.05, 0.1) is 84.7 Å². The summed E-state index contributed by atoms with van der Waals surface area (Å²) in [4.78, 5) is 161. The van der Waals surface area contributed by atoms with Crippen molar-refractivity contribution in [2.45, 2.75) is 160 Å². The van der Waals surface area contributed by atoms with Crippen LogP contribution >= 0.6 is 11.8 Å². The highest BCUT2D eigenvalue weighted by Gasteiger charge is 2.54. The highest BCUT2D eigenvalue weighted by Crippen LogP contribution is 2.34. The van der Waals surface area contributed by atoms with Gasteiger partial charge in [-0.15, -0.1) is 0 Å². The largest absolute Gasteiger partial charge is 0.463 e. The Morgan fingerprint density at radius 1 is 0.479 bits per heavy atom. The van der Waals surface area contributed by atoms with Gasteiger partial charge in [-0.05, 0) is 31.0 Å². The predicted molar refractivity (Wildman–Crippen MR) is 326 cm³/mol. The second kappa shape index (κ2) is 41.3. The number of carbonyl (C=O) groups excluding carboxylic acids is 13. The van der Waals surface area contributed by atoms with Crippen molar-refractivity contribution in [2.75, 3.05) is 110 Å². The van der Waals surface area contributed by atoms with Crippen molar-refractivity contribution in [1.82, 2.24) is 26.6 Å². The lowest BCUT2D eigenvalue weighted by atomic mass is 9.98. The van der Waals surface area contributed by atoms with E-state index in [1.807, 2.05) is 0 Å². The number of hydrogen-bond acceptors (Lipinski definition) is 30. The van der Waals surface area contributed by atoms with Gasteiger partial charge in [-0.3, -0.25) is 57.5 Å². The number of unbranched alkanes of at least 4 members (excludes halogenated alkanes) is 1. The van der Waals surface area contributed by atoms with Gasteiger partial charge in [0.2, 0.25) is 11.8 Å². The standard InChI is InChI=1S/C60H86N6O29S/c1-32(67)86-29-44-50(88-34(3)69)52(90-36(5)71)54(92-38(7)73)58(94-44)84-23-21-82-19-17-80-15-13-61-56(77)40-25-41(27-42(26-40)64-48(76)28-63-47(75)12-10-9-11-46-49-43(31-96-46)65-60(79)66-49)57(78)62-14-16-81-18-20-83-22-24-85-59-55(93-39(8)74)53(91-37(6)72)51(89-35(4)70)45(95-59)30-87-33(2)68/h25-27,43-46,49-55,58-59H,9-24,28-31H2,1-8H3,(H,61,77)(H,62,78)(H,63,75)(H,64,76)(H2,65,66,79)/t43-,44+,45+,46-,49-,50+,51+,52-,53-,54-,55-,58-,59-/m0/s1. The average molecular weight is 1390 g/mol. The lowest BCUT2D eigenvalue weighted by molar-refractivity contribution is -0.309. The van der Waals surface area contributed by atoms with Gasteiger partial charge in [0.15, 0.2) is 49.2 Å². The minimum Gasteiger partial charge on any atom is -0.463 e. The highest BCUT2D eigenvalue weighted by molar-refractivity contribution is 8.00. The molecule has 1 aromatic rings. The molecule has 0 aliphatic carbocycles. The summed E-state index contributed by atoms with van der Waals surface area (Å²) in [5.41, 5.74) is 0.0208. The van der Waals surface area contributed by atoms with Crippen LogP contribution < -0.4 is 31.9 Å². The van der Waals surface area contributed by atoms with Crippen LogP contribution in [0.2, 0.25) is 0 Å². The molecule has 0 radical (unpaired) electrons. The predicted octanol–water partition coefficient (Wildman–Crippen LogP) is -0.808. The van der Waals surface area contributed by atoms with Gasteiger partial charge in [-0.25, -0.2) is 4.79 Å². The van der Waals surface area contributed by atoms with Gasteiger partial charge in [0, 0.05) is 103 Å². The zero-order valence-corrected chi connectivity index (χ0v) is 55.4. The summed E-state index contributed by atoms with van der Waals surface area (Å²) in [5.74, 6) is -7.62. The van der Waals surface area contributed by atoms with E-state index in [1.54, 1.807) is 11.8 Å². The van der Waals surface area contributed by atoms with Gasteiger partial charge in [-0.2, -0.15) is 11.8 Å². The zero-order valence-electron chi connectivity index (χ0n) is 54.6. The topological polar surface area (TPSA) is 442 Å². The molecule has 4 saturated heterocycles. The fourth-order valence-electron chi connectivity index (χ4n) is 10.1. The number of hydrogen-bond donors (Lipinski definition) is 6. The molecule has 6 N–H and O–H groups in total. The summed E-state index contributed by atoms with van der Waals surface area (Å²) >= 11 is 1.77. The van der Waals surface area contributed by atoms with Crippen LogP contribution in [0.5, 0.6) is 0 Å². The lowest BCUT2D eigenvalue weighted by Gasteiger charge is -2.44. The summed E-state index contributed by atoms with van der Waals surface area (Å²) in [6.45, 7) is 7.30. The maximum Gasteiger partial charge on any atom is 0.315 e. The first-order valence-corrected chi connectivity index (χ1v) is 31.9. The van der Waals surface area contributed by atoms with Crippen LogP contribution in [-0.2, 0) is 124 Å². The van der Waals surface area contributed by atoms with E-state index in [-0.39, 0.29) is 132 Å². The Morgan fingerprint density at radius 3 is 1.33 bits per heavy atom. The van der Waals surface area contributed by atoms with Crippen molar-refractivity contribution >= 4 is 94.9 Å². The minimum absolute atomic E-state index is 0.00289. The van der Waals surface area contributed by atoms with Gasteiger partial charge in [0.25, 0.3) is 11.8 Å². The Kier molecular flexibility index (Phi) is 33.9. The lowest BCUT2D eigenvalue weighted by Crippen LogP contribution is -2.63. The Labute approximate surface area is 556 Å². The van der Waals surface area contributed by atoms with Crippen molar-refractivity contribution in [2.24, 2.45) is 0 Å². The Bertz CT molecular complexity index is 2690. The van der Waals surface area contributed by atoms with Crippen molar-refractivity contribution in [3.63, 3.8) is 0 Å². The molecule has 4 aliphatic rings. The van der Waals surface area contributed by atoms with Crippen molar-refractivity contribution < 1.29 is 138 Å². The van der Waals surface area contributed by atoms with E-state index in [2.05, 4.69) is 31.9 Å². The zero-order chi connectivity index (χ0) is 70.3. The number of rotatable bonds is 40. The third-order valence-corrected chi connectivity index (χ3v) is 15.5. The highest BCUT2D eigenvalue weighted by atomic mass is 32.2. The molecule has 0 aromatic heterocycles. The number of carbonyl (C=O) groups is 13. The molecule has 4 fully saturated rings. The monoisotopic (exact) mass is 1390 g/mol. The van der Waals surface area contributed by atoms with E-state index in [0.29, 0.717) is 6.42 Å². The molecule has 13 atom stereocenters. The minimum atomic E-state index is -1.42. The smallest absolute Gasteiger partial charge is 0.315 e. The summed E-state index contributed by atoms with van der Waals surface area (Å²) in [6, 6.07) is 3.94. The SMILES string of the molecule is CC(=O)OC[C@H]1O[C@H](OCCOCCOCCNC(=O)c2cc(NC(=O)CNC(=O)CCCC[C@@H]3SC[C@@H]4NC(=O)N[C@@H]43)cc(C(=O)NCCOCCOCCO[C@H]3O[C@H](COC(C)=O)[C@@H](OC(C)=O)[C@H](OC(C)=O)[C@@H]3OC(C)=O)c2)[C@@H](OC(C)=O)[C@@H](OC(C)=O)[C@@H]1OC(C)=O. The molecule has 6 amide bonds. The maximum absolute atomic E-state index is 13.6. The molecule has 36 heteroatoms. The van der Waals surface area contributed by atoms with Crippen LogP contribution in [0.15, 0.2) is 18.2 Å². The summed E-state index contributed by atoms with van der Waals surface area (Å²) in [5, 5.41) is 16.7. The van der Waals surface area contributed by atoms with Crippen molar-refractivity contribution in [3.8, 4) is 0 Å². The quantitative estimate of drug-likeness (QED) is 0.0203. The third-order valence-electron chi connectivity index (χ3n) is 14.0. The first-order chi connectivity index (χ1) is 45.8. The number of urea groups is 1. The first kappa shape index (κ1) is 78.9. The second-order valence-electron chi connectivity index (χ2n) is 21.8. The molecule has 1 aromatic carbocycles. The van der Waals surface area contributed by atoms with E-state index >= 15 is 0 Å². The fraction of sp³-hybridized carbons (Fsp3) is 0.683. The van der Waals surface area contributed by atoms with Crippen LogP contribution in [0.25, 0.3) is 0 Å². The Morgan fingerprint density at radius 2 is 0.896 bits per heavy atom. The molecule has 0 saturated carbocycles. The number of nitrogens with one attached hydrogen (secondary N) is 6. The molecule has 5 rings (SSSR count). The average Bonchev–Trinajstić information content (AvgIpc) is 1.08. The number of thioether (sulfide) groups is 1. The van der Waals surface area contributed by atoms with Crippen molar-refractivity contribution in [1.29, 1.82) is 0 Å². The molecule has 536 valence electrons. The number of anilines is 1. The normalized spacial score (nSPS) is 24.0. The molecular formula is C60H86N6O29S. The molecule has 4 heterocycles. The van der Waals surface area contributed by atoms with Gasteiger partial charge < -0.3 is 108 Å². The maximum atomic E-state index is 13.6. The second-order valence-corrected chi connectivity index (χ2v) is 23.1. The first-order valence-electron chi connectivity index (χ1n) is 30.9. The van der Waals surface area contributed by atoms with Crippen LogP contribution in [0.3, 0.4) is 0 Å². The Hall–Kier alpha value is -7.84. The van der Waals surface area contributed by atoms with Crippen LogP contribution in [0.1, 0.15) is 102 Å². The number of esters is 8. The summed E-state index contributed by atoms with van der Waals surface area (Å²) < 4.78 is 88.4. The summed E-state index contributed by atoms with van der Waals surface area (Å²) in [6.07, 6.45) is -11.4. The fourth-order valence-corrected chi connectivity index (χ4v) is 11.7. The molecule has 0 spiro atoms. The van der Waals surface area contributed by atoms with Crippen molar-refractivity contribution in [3.05, 3.63) is 29.3 Å². The third kappa shape index (κ3) is 28.1. The van der Waals surface area contributed by atoms with E-state index < -0.39 is 147 Å². The molecule has 96 heavy (non-hydrogen) atoms. The van der Waals surface area contributed by atoms with E-state index in [0.717, 1.165) is 74.0 Å². The van der Waals surface area contributed by atoms with Crippen LogP contribution in [0, 0.1) is 0 Å². The van der Waals surface area contributed by atoms with Crippen LogP contribution in [0.4, 0.5) is 10.5 Å².